The summed E-state index contributed by atoms with van der Waals surface area (Å²) in [6, 6.07) is 15.9. The molecule has 236 valence electrons. The highest BCUT2D eigenvalue weighted by atomic mass is 16.6. The van der Waals surface area contributed by atoms with Gasteiger partial charge >= 0.3 is 5.95 Å². The lowest BCUT2D eigenvalue weighted by Crippen LogP contribution is -2.41. The Kier molecular flexibility index (Phi) is 8.06. The van der Waals surface area contributed by atoms with Crippen LogP contribution in [0.25, 0.3) is 22.2 Å². The molecule has 0 unspecified atom stereocenters. The topological polar surface area (TPSA) is 136 Å². The normalized spacial score (nSPS) is 15.8. The smallest absolute Gasteiger partial charge is 0.390 e. The van der Waals surface area contributed by atoms with Gasteiger partial charge in [-0.3, -0.25) is 4.79 Å². The largest absolute Gasteiger partial charge is 0.434 e. The molecule has 1 amide bonds. The second-order valence-electron chi connectivity index (χ2n) is 11.8. The molecule has 2 aromatic carbocycles. The Morgan fingerprint density at radius 3 is 2.65 bits per heavy atom. The summed E-state index contributed by atoms with van der Waals surface area (Å²) < 4.78 is 9.29. The molecule has 2 aliphatic heterocycles. The summed E-state index contributed by atoms with van der Waals surface area (Å²) in [6.07, 6.45) is 8.46. The first-order valence-electron chi connectivity index (χ1n) is 15.5. The van der Waals surface area contributed by atoms with Crippen molar-refractivity contribution < 1.29 is 14.5 Å². The number of aromatic nitrogens is 5. The van der Waals surface area contributed by atoms with Crippen molar-refractivity contribution in [2.24, 2.45) is 13.0 Å². The number of para-hydroxylation sites is 1. The first kappa shape index (κ1) is 29.4. The van der Waals surface area contributed by atoms with Crippen LogP contribution < -0.4 is 10.2 Å². The molecule has 1 N–H and O–H groups in total. The highest BCUT2D eigenvalue weighted by Crippen LogP contribution is 2.32. The number of carbonyl (C=O) groups is 1. The molecule has 46 heavy (non-hydrogen) atoms. The molecule has 3 aromatic heterocycles. The minimum Gasteiger partial charge on any atom is -0.390 e. The maximum absolute atomic E-state index is 13.9. The predicted octanol–water partition coefficient (Wildman–Crippen LogP) is 4.87. The van der Waals surface area contributed by atoms with Gasteiger partial charge in [0, 0.05) is 67.8 Å². The third kappa shape index (κ3) is 5.88. The van der Waals surface area contributed by atoms with Gasteiger partial charge in [-0.25, -0.2) is 14.5 Å². The predicted molar refractivity (Wildman–Crippen MR) is 174 cm³/mol. The lowest BCUT2D eigenvalue weighted by Gasteiger charge is -2.34. The van der Waals surface area contributed by atoms with E-state index < -0.39 is 4.92 Å². The van der Waals surface area contributed by atoms with Gasteiger partial charge in [-0.15, -0.1) is 0 Å². The van der Waals surface area contributed by atoms with E-state index in [9.17, 15) is 14.9 Å². The molecule has 0 spiro atoms. The number of piperidine rings is 1. The van der Waals surface area contributed by atoms with Crippen LogP contribution in [0.2, 0.25) is 0 Å². The number of ether oxygens (including phenoxy) is 1. The van der Waals surface area contributed by atoms with Gasteiger partial charge in [0.05, 0.1) is 36.7 Å². The number of imidazole rings is 1. The summed E-state index contributed by atoms with van der Waals surface area (Å²) in [6.45, 7) is 4.24. The van der Waals surface area contributed by atoms with Crippen molar-refractivity contribution in [2.75, 3.05) is 49.6 Å². The standard InChI is InChI=1S/C33H35N9O4/c1-38-22-27(25-4-2-3-5-29(25)38)28-8-11-34-32(37-28)36-24-6-7-26(30(20-24)39-16-18-46-19-17-39)31(43)40-13-9-23(10-14-40)21-41-15-12-35-33(41)42(44)45/h2-8,11-12,15,20,22-23H,9-10,13-14,16-19,21H2,1H3,(H,34,36,37). The highest BCUT2D eigenvalue weighted by molar-refractivity contribution is 6.01. The van der Waals surface area contributed by atoms with E-state index in [4.69, 9.17) is 9.72 Å². The molecule has 2 aliphatic rings. The van der Waals surface area contributed by atoms with E-state index >= 15 is 0 Å². The fourth-order valence-electron chi connectivity index (χ4n) is 6.48. The van der Waals surface area contributed by atoms with Gasteiger partial charge in [-0.1, -0.05) is 23.2 Å². The number of anilines is 3. The number of benzene rings is 2. The summed E-state index contributed by atoms with van der Waals surface area (Å²) in [7, 11) is 2.03. The third-order valence-electron chi connectivity index (χ3n) is 8.88. The Labute approximate surface area is 265 Å². The molecule has 2 fully saturated rings. The van der Waals surface area contributed by atoms with Crippen LogP contribution in [-0.4, -0.2) is 79.2 Å². The lowest BCUT2D eigenvalue weighted by molar-refractivity contribution is -0.396. The molecule has 13 nitrogen and oxygen atoms in total. The molecule has 0 atom stereocenters. The van der Waals surface area contributed by atoms with Gasteiger partial charge in [-0.2, -0.15) is 0 Å². The highest BCUT2D eigenvalue weighted by Gasteiger charge is 2.29. The second-order valence-corrected chi connectivity index (χ2v) is 11.8. The summed E-state index contributed by atoms with van der Waals surface area (Å²) >= 11 is 0. The molecule has 0 bridgehead atoms. The molecule has 2 saturated heterocycles. The van der Waals surface area contributed by atoms with Crippen LogP contribution in [-0.2, 0) is 18.3 Å². The van der Waals surface area contributed by atoms with Crippen molar-refractivity contribution in [3.05, 3.63) is 89.0 Å². The molecule has 0 radical (unpaired) electrons. The maximum Gasteiger partial charge on any atom is 0.434 e. The Bertz CT molecular complexity index is 1890. The van der Waals surface area contributed by atoms with Gasteiger partial charge in [0.25, 0.3) is 5.91 Å². The number of rotatable bonds is 8. The lowest BCUT2D eigenvalue weighted by atomic mass is 9.96. The number of amides is 1. The Morgan fingerprint density at radius 2 is 1.85 bits per heavy atom. The Hall–Kier alpha value is -5.30. The van der Waals surface area contributed by atoms with E-state index in [0.717, 1.165) is 46.4 Å². The van der Waals surface area contributed by atoms with E-state index in [2.05, 4.69) is 43.1 Å². The number of likely N-dealkylation sites (tertiary alicyclic amines) is 1. The summed E-state index contributed by atoms with van der Waals surface area (Å²) in [5.74, 6) is 0.534. The van der Waals surface area contributed by atoms with Crippen molar-refractivity contribution in [2.45, 2.75) is 19.4 Å². The quantitative estimate of drug-likeness (QED) is 0.190. The number of aryl methyl sites for hydroxylation is 1. The minimum atomic E-state index is -0.460. The Balaban J connectivity index is 1.10. The fourth-order valence-corrected chi connectivity index (χ4v) is 6.48. The van der Waals surface area contributed by atoms with E-state index in [1.165, 1.54) is 6.20 Å². The van der Waals surface area contributed by atoms with Crippen molar-refractivity contribution in [1.82, 2.24) is 29.0 Å². The van der Waals surface area contributed by atoms with Crippen LogP contribution in [0.5, 0.6) is 0 Å². The van der Waals surface area contributed by atoms with Crippen molar-refractivity contribution in [3.63, 3.8) is 0 Å². The van der Waals surface area contributed by atoms with Gasteiger partial charge < -0.3 is 34.5 Å². The molecule has 0 saturated carbocycles. The first-order valence-corrected chi connectivity index (χ1v) is 15.5. The second kappa shape index (κ2) is 12.6. The zero-order valence-electron chi connectivity index (χ0n) is 25.6. The SMILES string of the molecule is Cn1cc(-c2ccnc(Nc3ccc(C(=O)N4CCC(Cn5ccnc5[N+](=O)[O-])CC4)c(N4CCOCC4)c3)n2)c2ccccc21. The Morgan fingerprint density at radius 1 is 1.04 bits per heavy atom. The average Bonchev–Trinajstić information content (AvgIpc) is 3.70. The van der Waals surface area contributed by atoms with Crippen LogP contribution in [0.1, 0.15) is 23.2 Å². The number of nitrogens with one attached hydrogen (secondary N) is 1. The summed E-state index contributed by atoms with van der Waals surface area (Å²) in [5, 5.41) is 15.8. The number of hydrogen-bond donors (Lipinski definition) is 1. The van der Waals surface area contributed by atoms with Gasteiger partial charge in [0.1, 0.15) is 12.4 Å². The van der Waals surface area contributed by atoms with Crippen molar-refractivity contribution in [3.8, 4) is 11.3 Å². The average molecular weight is 622 g/mol. The number of nitro groups is 1. The molecule has 13 heteroatoms. The van der Waals surface area contributed by atoms with Crippen LogP contribution in [0.15, 0.2) is 73.3 Å². The summed E-state index contributed by atoms with van der Waals surface area (Å²) in [5.41, 5.74) is 5.26. The zero-order chi connectivity index (χ0) is 31.6. The van der Waals surface area contributed by atoms with E-state index in [1.54, 1.807) is 17.0 Å². The minimum absolute atomic E-state index is 0.0192. The fraction of sp³-hybridized carbons (Fsp3) is 0.333. The molecule has 5 aromatic rings. The van der Waals surface area contributed by atoms with Crippen molar-refractivity contribution in [1.29, 1.82) is 0 Å². The van der Waals surface area contributed by atoms with Gasteiger partial charge in [-0.05, 0) is 54.0 Å². The molecule has 7 rings (SSSR count). The molecular weight excluding hydrogens is 586 g/mol. The van der Waals surface area contributed by atoms with E-state index in [0.29, 0.717) is 57.4 Å². The maximum atomic E-state index is 13.9. The van der Waals surface area contributed by atoms with E-state index in [-0.39, 0.29) is 17.8 Å². The molecule has 0 aliphatic carbocycles. The first-order chi connectivity index (χ1) is 22.4. The van der Waals surface area contributed by atoms with E-state index in [1.807, 2.05) is 48.3 Å². The van der Waals surface area contributed by atoms with Crippen LogP contribution >= 0.6 is 0 Å². The van der Waals surface area contributed by atoms with Crippen molar-refractivity contribution >= 4 is 40.1 Å². The number of morpholine rings is 1. The van der Waals surface area contributed by atoms with Gasteiger partial charge in [0.15, 0.2) is 0 Å². The number of nitrogens with zero attached hydrogens (tertiary/aromatic N) is 8. The monoisotopic (exact) mass is 621 g/mol. The molecule has 5 heterocycles. The number of carbonyl (C=O) groups excluding carboxylic acids is 1. The number of fused-ring (bicyclic) bond motifs is 1. The third-order valence-corrected chi connectivity index (χ3v) is 8.88. The number of hydrogen-bond acceptors (Lipinski definition) is 9. The van der Waals surface area contributed by atoms with Gasteiger partial charge in [0.2, 0.25) is 5.95 Å². The van der Waals surface area contributed by atoms with Crippen LogP contribution in [0.3, 0.4) is 0 Å². The molecular formula is C33H35N9O4. The summed E-state index contributed by atoms with van der Waals surface area (Å²) in [4.78, 5) is 42.0. The van der Waals surface area contributed by atoms with Crippen LogP contribution in [0.4, 0.5) is 23.3 Å². The van der Waals surface area contributed by atoms with Crippen LogP contribution in [0, 0.1) is 16.0 Å². The zero-order valence-corrected chi connectivity index (χ0v) is 25.6.